The van der Waals surface area contributed by atoms with Crippen LogP contribution in [-0.4, -0.2) is 16.5 Å². The number of nitrogen functional groups attached to an aromatic ring is 1. The molecule has 0 fully saturated rings. The first-order valence-corrected chi connectivity index (χ1v) is 7.00. The molecule has 17 heavy (non-hydrogen) atoms. The second-order valence-corrected chi connectivity index (χ2v) is 5.35. The second kappa shape index (κ2) is 6.69. The molecule has 0 amide bonds. The predicted molar refractivity (Wildman–Crippen MR) is 74.9 cm³/mol. The molecule has 0 radical (unpaired) electrons. The van der Waals surface area contributed by atoms with E-state index in [-0.39, 0.29) is 6.10 Å². The summed E-state index contributed by atoms with van der Waals surface area (Å²) < 4.78 is 9.82. The van der Waals surface area contributed by atoms with Gasteiger partial charge in [-0.15, -0.1) is 0 Å². The highest BCUT2D eigenvalue weighted by molar-refractivity contribution is 7.11. The molecule has 0 spiro atoms. The number of nitrogens with two attached hydrogens (primary N) is 1. The molecule has 0 aliphatic heterocycles. The smallest absolute Gasteiger partial charge is 0.197 e. The lowest BCUT2D eigenvalue weighted by atomic mass is 10.1. The van der Waals surface area contributed by atoms with Crippen molar-refractivity contribution in [3.05, 3.63) is 0 Å². The minimum absolute atomic E-state index is 0.111. The van der Waals surface area contributed by atoms with Crippen LogP contribution in [0.5, 0.6) is 5.75 Å². The fourth-order valence-electron chi connectivity index (χ4n) is 1.54. The van der Waals surface area contributed by atoms with Crippen LogP contribution in [0.1, 0.15) is 47.0 Å². The summed E-state index contributed by atoms with van der Waals surface area (Å²) in [5.41, 5.74) is 5.80. The number of nitrogens with zero attached hydrogens (tertiary/aromatic N) is 1. The maximum Gasteiger partial charge on any atom is 0.197 e. The first kappa shape index (κ1) is 14.1. The summed E-state index contributed by atoms with van der Waals surface area (Å²) in [5.74, 6) is 1.18. The Morgan fingerprint density at radius 3 is 2.71 bits per heavy atom. The molecule has 5 heteroatoms. The lowest BCUT2D eigenvalue weighted by molar-refractivity contribution is 0.245. The van der Waals surface area contributed by atoms with E-state index in [0.717, 1.165) is 11.4 Å². The predicted octanol–water partition coefficient (Wildman–Crippen LogP) is 3.50. The number of aromatic nitrogens is 1. The van der Waals surface area contributed by atoms with Gasteiger partial charge in [-0.25, -0.2) is 0 Å². The number of ether oxygens (including phenoxy) is 1. The zero-order valence-corrected chi connectivity index (χ0v) is 11.9. The molecule has 0 saturated carbocycles. The first-order chi connectivity index (χ1) is 8.04. The van der Waals surface area contributed by atoms with E-state index in [1.165, 1.54) is 24.4 Å². The van der Waals surface area contributed by atoms with Gasteiger partial charge in [0.25, 0.3) is 0 Å². The quantitative estimate of drug-likeness (QED) is 0.785. The summed E-state index contributed by atoms with van der Waals surface area (Å²) in [6, 6.07) is 0.421. The van der Waals surface area contributed by atoms with Gasteiger partial charge in [0.1, 0.15) is 0 Å². The minimum Gasteiger partial charge on any atom is -0.484 e. The average molecular weight is 257 g/mol. The van der Waals surface area contributed by atoms with E-state index >= 15 is 0 Å². The molecule has 0 saturated heterocycles. The van der Waals surface area contributed by atoms with Gasteiger partial charge in [-0.1, -0.05) is 19.8 Å². The minimum atomic E-state index is 0.111. The van der Waals surface area contributed by atoms with Crippen molar-refractivity contribution < 1.29 is 4.74 Å². The van der Waals surface area contributed by atoms with Crippen LogP contribution < -0.4 is 15.8 Å². The molecule has 0 aliphatic carbocycles. The van der Waals surface area contributed by atoms with Crippen LogP contribution in [0, 0.1) is 0 Å². The molecule has 1 aromatic rings. The SMILES string of the molecule is CCCCC(C)Nc1snc(N)c1OC(C)C. The Balaban J connectivity index is 2.63. The number of nitrogens with one attached hydrogen (secondary N) is 1. The summed E-state index contributed by atoms with van der Waals surface area (Å²) >= 11 is 1.37. The van der Waals surface area contributed by atoms with Crippen molar-refractivity contribution in [2.24, 2.45) is 0 Å². The highest BCUT2D eigenvalue weighted by Gasteiger charge is 2.15. The highest BCUT2D eigenvalue weighted by atomic mass is 32.1. The van der Waals surface area contributed by atoms with Crippen LogP contribution in [-0.2, 0) is 0 Å². The third-order valence-corrected chi connectivity index (χ3v) is 3.17. The van der Waals surface area contributed by atoms with Crippen molar-refractivity contribution in [2.75, 3.05) is 11.1 Å². The molecule has 0 aromatic carbocycles. The highest BCUT2D eigenvalue weighted by Crippen LogP contribution is 2.36. The Kier molecular flexibility index (Phi) is 5.55. The monoisotopic (exact) mass is 257 g/mol. The van der Waals surface area contributed by atoms with Crippen LogP contribution in [0.15, 0.2) is 0 Å². The van der Waals surface area contributed by atoms with Gasteiger partial charge in [-0.2, -0.15) is 4.37 Å². The van der Waals surface area contributed by atoms with E-state index in [4.69, 9.17) is 10.5 Å². The molecule has 0 bridgehead atoms. The van der Waals surface area contributed by atoms with Crippen molar-refractivity contribution in [1.29, 1.82) is 0 Å². The van der Waals surface area contributed by atoms with Crippen LogP contribution in [0.4, 0.5) is 10.8 Å². The van der Waals surface area contributed by atoms with Crippen molar-refractivity contribution >= 4 is 22.4 Å². The van der Waals surface area contributed by atoms with E-state index < -0.39 is 0 Å². The Bertz CT molecular complexity index is 338. The fraction of sp³-hybridized carbons (Fsp3) is 0.750. The summed E-state index contributed by atoms with van der Waals surface area (Å²) in [6.45, 7) is 8.35. The number of hydrogen-bond donors (Lipinski definition) is 2. The van der Waals surface area contributed by atoms with E-state index in [9.17, 15) is 0 Å². The Hall–Kier alpha value is -0.970. The third-order valence-electron chi connectivity index (χ3n) is 2.40. The summed E-state index contributed by atoms with van der Waals surface area (Å²) in [7, 11) is 0. The lowest BCUT2D eigenvalue weighted by Gasteiger charge is -2.16. The second-order valence-electron chi connectivity index (χ2n) is 4.58. The molecule has 0 aliphatic rings. The van der Waals surface area contributed by atoms with Gasteiger partial charge in [0, 0.05) is 6.04 Å². The number of unbranched alkanes of at least 4 members (excludes halogenated alkanes) is 1. The van der Waals surface area contributed by atoms with Crippen LogP contribution in [0.25, 0.3) is 0 Å². The number of hydrogen-bond acceptors (Lipinski definition) is 5. The molecule has 1 aromatic heterocycles. The maximum atomic E-state index is 5.80. The average Bonchev–Trinajstić information content (AvgIpc) is 2.58. The summed E-state index contributed by atoms with van der Waals surface area (Å²) in [5, 5.41) is 4.37. The van der Waals surface area contributed by atoms with E-state index in [0.29, 0.717) is 17.6 Å². The van der Waals surface area contributed by atoms with Gasteiger partial charge in [0.2, 0.25) is 0 Å². The molecule has 1 atom stereocenters. The van der Waals surface area contributed by atoms with Crippen molar-refractivity contribution in [2.45, 2.75) is 59.1 Å². The standard InChI is InChI=1S/C12H23N3OS/c1-5-6-7-9(4)14-12-10(16-8(2)3)11(13)15-17-12/h8-9,14H,5-7H2,1-4H3,(H2,13,15). The zero-order chi connectivity index (χ0) is 12.8. The van der Waals surface area contributed by atoms with Gasteiger partial charge >= 0.3 is 0 Å². The Morgan fingerprint density at radius 1 is 1.41 bits per heavy atom. The van der Waals surface area contributed by atoms with E-state index in [1.54, 1.807) is 0 Å². The normalized spacial score (nSPS) is 12.8. The van der Waals surface area contributed by atoms with E-state index in [1.807, 2.05) is 13.8 Å². The van der Waals surface area contributed by atoms with Gasteiger partial charge in [-0.05, 0) is 38.7 Å². The molecular weight excluding hydrogens is 234 g/mol. The Morgan fingerprint density at radius 2 is 2.12 bits per heavy atom. The Labute approximate surface area is 108 Å². The first-order valence-electron chi connectivity index (χ1n) is 6.22. The lowest BCUT2D eigenvalue weighted by Crippen LogP contribution is -2.15. The van der Waals surface area contributed by atoms with Crippen molar-refractivity contribution in [1.82, 2.24) is 4.37 Å². The molecule has 1 unspecified atom stereocenters. The van der Waals surface area contributed by atoms with Crippen LogP contribution in [0.3, 0.4) is 0 Å². The largest absolute Gasteiger partial charge is 0.484 e. The summed E-state index contributed by atoms with van der Waals surface area (Å²) in [6.07, 6.45) is 3.70. The van der Waals surface area contributed by atoms with Gasteiger partial charge in [0.15, 0.2) is 16.6 Å². The zero-order valence-electron chi connectivity index (χ0n) is 11.1. The van der Waals surface area contributed by atoms with E-state index in [2.05, 4.69) is 23.5 Å². The third kappa shape index (κ3) is 4.42. The molecule has 4 nitrogen and oxygen atoms in total. The topological polar surface area (TPSA) is 60.2 Å². The molecule has 98 valence electrons. The van der Waals surface area contributed by atoms with Crippen molar-refractivity contribution in [3.63, 3.8) is 0 Å². The summed E-state index contributed by atoms with van der Waals surface area (Å²) in [4.78, 5) is 0. The number of rotatable bonds is 7. The molecule has 3 N–H and O–H groups in total. The van der Waals surface area contributed by atoms with Gasteiger partial charge in [-0.3, -0.25) is 0 Å². The maximum absolute atomic E-state index is 5.80. The molecule has 1 heterocycles. The fourth-order valence-corrected chi connectivity index (χ4v) is 2.30. The van der Waals surface area contributed by atoms with Gasteiger partial charge < -0.3 is 15.8 Å². The molecule has 1 rings (SSSR count). The number of anilines is 2. The van der Waals surface area contributed by atoms with Crippen LogP contribution in [0.2, 0.25) is 0 Å². The van der Waals surface area contributed by atoms with Gasteiger partial charge in [0.05, 0.1) is 6.10 Å². The van der Waals surface area contributed by atoms with Crippen LogP contribution >= 0.6 is 11.5 Å². The van der Waals surface area contributed by atoms with Crippen molar-refractivity contribution in [3.8, 4) is 5.75 Å². The molecular formula is C12H23N3OS.